The fourth-order valence-electron chi connectivity index (χ4n) is 4.07. The monoisotopic (exact) mass is 557 g/mol. The first-order valence-corrected chi connectivity index (χ1v) is 13.7. The summed E-state index contributed by atoms with van der Waals surface area (Å²) in [5.41, 5.74) is 2.42. The van der Waals surface area contributed by atoms with E-state index in [1.807, 2.05) is 4.98 Å². The molecule has 1 aliphatic heterocycles. The second-order valence-corrected chi connectivity index (χ2v) is 11.5. The summed E-state index contributed by atoms with van der Waals surface area (Å²) in [5, 5.41) is 10.9. The molecule has 7 atom stereocenters. The number of halogens is 1. The zero-order valence-corrected chi connectivity index (χ0v) is 22.4. The summed E-state index contributed by atoms with van der Waals surface area (Å²) in [4.78, 5) is 38.2. The summed E-state index contributed by atoms with van der Waals surface area (Å²) in [6.07, 6.45) is -5.55. The summed E-state index contributed by atoms with van der Waals surface area (Å²) in [6, 6.07) is 9.14. The molecule has 4 N–H and O–H groups in total. The molecule has 2 aromatic rings. The van der Waals surface area contributed by atoms with E-state index in [1.54, 1.807) is 44.2 Å². The highest BCUT2D eigenvalue weighted by Crippen LogP contribution is 2.52. The number of benzene rings is 1. The molecule has 0 bridgehead atoms. The number of carbonyl (C=O) groups excluding carboxylic acids is 1. The van der Waals surface area contributed by atoms with Gasteiger partial charge in [0.15, 0.2) is 6.23 Å². The van der Waals surface area contributed by atoms with Crippen LogP contribution in [0.2, 0.25) is 0 Å². The Bertz CT molecular complexity index is 1270. The van der Waals surface area contributed by atoms with E-state index in [4.69, 9.17) is 24.3 Å². The minimum atomic E-state index is -4.13. The number of nitrogens with two attached hydrogens (primary N) is 1. The number of para-hydroxylation sites is 1. The minimum Gasteiger partial charge on any atom is -0.463 e. The topological polar surface area (TPSA) is 172 Å². The van der Waals surface area contributed by atoms with Gasteiger partial charge in [0, 0.05) is 12.3 Å². The highest BCUT2D eigenvalue weighted by molar-refractivity contribution is 7.54. The number of nitrogens with one attached hydrogen (secondary N) is 1. The molecular formula is C24H33FN3O9P. The second kappa shape index (κ2) is 11.9. The van der Waals surface area contributed by atoms with Crippen LogP contribution in [0.1, 0.15) is 33.9 Å². The average molecular weight is 558 g/mol. The van der Waals surface area contributed by atoms with Gasteiger partial charge in [-0.15, -0.1) is 0 Å². The zero-order valence-electron chi connectivity index (χ0n) is 21.5. The lowest BCUT2D eigenvalue weighted by Crippen LogP contribution is -2.58. The maximum absolute atomic E-state index is 14.2. The summed E-state index contributed by atoms with van der Waals surface area (Å²) in [6.45, 7) is 4.96. The molecule has 0 amide bonds. The standard InChI is InChI=1S/C24H33FN3O9P/c1-14(2)34-21(31)15(3)12-38(33,37-17-8-6-5-7-9-17)36-16(4)19-20(30)24(26,13-25)22(35-19)28-11-10-18(29)27-23(28)32/h5-11,14-16,19-20,22,30H,12-13,26H2,1-4H3,(H,27,29,32)/t15-,16+,19-,20+,22-,24?,38-/m1/s1. The third-order valence-corrected chi connectivity index (χ3v) is 8.11. The molecule has 210 valence electrons. The van der Waals surface area contributed by atoms with E-state index in [0.717, 1.165) is 16.8 Å². The van der Waals surface area contributed by atoms with Gasteiger partial charge in [-0.2, -0.15) is 0 Å². The van der Waals surface area contributed by atoms with E-state index in [9.17, 15) is 28.4 Å². The Morgan fingerprint density at radius 2 is 1.89 bits per heavy atom. The molecular weight excluding hydrogens is 524 g/mol. The SMILES string of the molecule is CC(C)OC(=O)[C@H](C)C[P@](=O)(Oc1ccccc1)O[C@@H](C)[C@H]1O[C@@H](n2ccc(=O)[nH]c2=O)C(N)(CF)[C@H]1O. The van der Waals surface area contributed by atoms with E-state index < -0.39 is 73.6 Å². The number of alkyl halides is 1. The van der Waals surface area contributed by atoms with Gasteiger partial charge in [-0.25, -0.2) is 13.8 Å². The number of rotatable bonds is 11. The van der Waals surface area contributed by atoms with Crippen molar-refractivity contribution in [2.24, 2.45) is 11.7 Å². The molecule has 1 aromatic carbocycles. The van der Waals surface area contributed by atoms with Crippen molar-refractivity contribution in [2.75, 3.05) is 12.8 Å². The van der Waals surface area contributed by atoms with E-state index in [0.29, 0.717) is 0 Å². The smallest absolute Gasteiger partial charge is 0.380 e. The van der Waals surface area contributed by atoms with Crippen molar-refractivity contribution < 1.29 is 37.4 Å². The quantitative estimate of drug-likeness (QED) is 0.273. The first-order chi connectivity index (χ1) is 17.8. The van der Waals surface area contributed by atoms with Crippen molar-refractivity contribution in [1.82, 2.24) is 9.55 Å². The van der Waals surface area contributed by atoms with Gasteiger partial charge in [0.1, 0.15) is 30.2 Å². The van der Waals surface area contributed by atoms with Gasteiger partial charge >= 0.3 is 19.3 Å². The van der Waals surface area contributed by atoms with E-state index in [-0.39, 0.29) is 11.9 Å². The van der Waals surface area contributed by atoms with Crippen LogP contribution in [-0.2, 0) is 23.4 Å². The van der Waals surface area contributed by atoms with E-state index >= 15 is 0 Å². The van der Waals surface area contributed by atoms with Crippen molar-refractivity contribution >= 4 is 13.6 Å². The van der Waals surface area contributed by atoms with E-state index in [2.05, 4.69) is 0 Å². The second-order valence-electron chi connectivity index (χ2n) is 9.56. The molecule has 0 spiro atoms. The number of hydrogen-bond donors (Lipinski definition) is 3. The molecule has 12 nitrogen and oxygen atoms in total. The normalized spacial score (nSPS) is 26.5. The van der Waals surface area contributed by atoms with Crippen LogP contribution in [0, 0.1) is 5.92 Å². The van der Waals surface area contributed by atoms with Crippen LogP contribution in [0.5, 0.6) is 5.75 Å². The van der Waals surface area contributed by atoms with Gasteiger partial charge in [0.2, 0.25) is 0 Å². The Morgan fingerprint density at radius 1 is 1.24 bits per heavy atom. The van der Waals surface area contributed by atoms with Crippen LogP contribution < -0.4 is 21.5 Å². The lowest BCUT2D eigenvalue weighted by Gasteiger charge is -2.31. The summed E-state index contributed by atoms with van der Waals surface area (Å²) in [5.74, 6) is -1.29. The minimum absolute atomic E-state index is 0.204. The molecule has 0 radical (unpaired) electrons. The van der Waals surface area contributed by atoms with Gasteiger partial charge in [0.25, 0.3) is 5.56 Å². The third kappa shape index (κ3) is 6.59. The van der Waals surface area contributed by atoms with Gasteiger partial charge in [-0.1, -0.05) is 25.1 Å². The van der Waals surface area contributed by atoms with Crippen LogP contribution in [0.25, 0.3) is 0 Å². The van der Waals surface area contributed by atoms with Gasteiger partial charge < -0.3 is 24.8 Å². The first kappa shape index (κ1) is 29.7. The van der Waals surface area contributed by atoms with Crippen LogP contribution in [0.3, 0.4) is 0 Å². The van der Waals surface area contributed by atoms with Crippen molar-refractivity contribution in [3.05, 3.63) is 63.4 Å². The number of hydrogen-bond acceptors (Lipinski definition) is 10. The number of esters is 1. The molecule has 38 heavy (non-hydrogen) atoms. The maximum atomic E-state index is 14.2. The van der Waals surface area contributed by atoms with Crippen LogP contribution in [-0.4, -0.2) is 63.4 Å². The van der Waals surface area contributed by atoms with Crippen molar-refractivity contribution in [3.8, 4) is 5.75 Å². The van der Waals surface area contributed by atoms with Gasteiger partial charge in [-0.05, 0) is 32.9 Å². The largest absolute Gasteiger partial charge is 0.463 e. The highest BCUT2D eigenvalue weighted by Gasteiger charge is 2.57. The number of aliphatic hydroxyl groups excluding tert-OH is 1. The summed E-state index contributed by atoms with van der Waals surface area (Å²) < 4.78 is 51.5. The molecule has 1 aromatic heterocycles. The Hall–Kier alpha value is -2.83. The predicted octanol–water partition coefficient (Wildman–Crippen LogP) is 1.73. The van der Waals surface area contributed by atoms with Crippen molar-refractivity contribution in [1.29, 1.82) is 0 Å². The van der Waals surface area contributed by atoms with Crippen LogP contribution in [0.15, 0.2) is 52.2 Å². The number of nitrogens with zero attached hydrogens (tertiary/aromatic N) is 1. The lowest BCUT2D eigenvalue weighted by atomic mass is 9.91. The Morgan fingerprint density at radius 3 is 2.47 bits per heavy atom. The number of aromatic nitrogens is 2. The Kier molecular flexibility index (Phi) is 9.32. The van der Waals surface area contributed by atoms with Crippen molar-refractivity contribution in [3.63, 3.8) is 0 Å². The number of aliphatic hydroxyl groups is 1. The number of ether oxygens (including phenoxy) is 2. The Labute approximate surface area is 218 Å². The van der Waals surface area contributed by atoms with Crippen LogP contribution >= 0.6 is 7.60 Å². The maximum Gasteiger partial charge on any atom is 0.380 e. The highest BCUT2D eigenvalue weighted by atomic mass is 31.2. The van der Waals surface area contributed by atoms with Crippen LogP contribution in [0.4, 0.5) is 4.39 Å². The third-order valence-electron chi connectivity index (χ3n) is 5.97. The number of carbonyl (C=O) groups is 1. The molecule has 3 rings (SSSR count). The molecule has 1 saturated heterocycles. The zero-order chi connectivity index (χ0) is 28.3. The number of aromatic amines is 1. The molecule has 0 saturated carbocycles. The van der Waals surface area contributed by atoms with Gasteiger partial charge in [0.05, 0.1) is 24.3 Å². The Balaban J connectivity index is 1.89. The molecule has 0 aliphatic carbocycles. The summed E-state index contributed by atoms with van der Waals surface area (Å²) in [7, 11) is -4.13. The molecule has 1 fully saturated rings. The molecule has 1 aliphatic rings. The lowest BCUT2D eigenvalue weighted by molar-refractivity contribution is -0.151. The van der Waals surface area contributed by atoms with Gasteiger partial charge in [-0.3, -0.25) is 23.7 Å². The predicted molar refractivity (Wildman–Crippen MR) is 135 cm³/mol. The fraction of sp³-hybridized carbons (Fsp3) is 0.542. The average Bonchev–Trinajstić information content (AvgIpc) is 3.10. The van der Waals surface area contributed by atoms with E-state index in [1.165, 1.54) is 13.8 Å². The first-order valence-electron chi connectivity index (χ1n) is 12.0. The molecule has 2 heterocycles. The molecule has 1 unspecified atom stereocenters. The fourth-order valence-corrected chi connectivity index (χ4v) is 6.16. The van der Waals surface area contributed by atoms with Crippen molar-refractivity contribution in [2.45, 2.75) is 63.9 Å². The molecule has 14 heteroatoms. The summed E-state index contributed by atoms with van der Waals surface area (Å²) >= 11 is 0. The number of H-pyrrole nitrogens is 1.